The molecule has 0 fully saturated rings. The third-order valence-electron chi connectivity index (χ3n) is 14.0. The van der Waals surface area contributed by atoms with E-state index in [0.717, 1.165) is 83.3 Å². The Bertz CT molecular complexity index is 792. The van der Waals surface area contributed by atoms with Gasteiger partial charge in [-0.1, -0.05) is 326 Å². The summed E-state index contributed by atoms with van der Waals surface area (Å²) >= 11 is 0. The topological polar surface area (TPSA) is 72.8 Å². The van der Waals surface area contributed by atoms with Crippen LogP contribution in [0.25, 0.3) is 0 Å². The second-order valence-electron chi connectivity index (χ2n) is 21.5. The van der Waals surface area contributed by atoms with Crippen LogP contribution in [0.4, 0.5) is 0 Å². The molecule has 0 aliphatic heterocycles. The van der Waals surface area contributed by atoms with Gasteiger partial charge < -0.3 is 26.3 Å². The molecule has 1 atom stereocenters. The van der Waals surface area contributed by atoms with Crippen molar-refractivity contribution in [3.05, 3.63) is 6.42 Å². The van der Waals surface area contributed by atoms with Crippen molar-refractivity contribution in [1.82, 2.24) is 4.90 Å². The van der Waals surface area contributed by atoms with Crippen LogP contribution in [0.3, 0.4) is 0 Å². The molecule has 0 saturated carbocycles. The minimum atomic E-state index is 0. The molecular weight excluding hydrogens is 910 g/mol. The zero-order chi connectivity index (χ0) is 53.5. The molecule has 0 aromatic rings. The maximum atomic E-state index is 10.4. The number of carbonyl (C=O) groups excluding carboxylic acids is 1. The predicted octanol–water partition coefficient (Wildman–Crippen LogP) is 18.5. The molecule has 1 N–H and O–H groups in total. The zero-order valence-corrected chi connectivity index (χ0v) is 55.2. The standard InChI is InChI=1S/C17H34NO4.C15H31.C14H30.C11H24.C9H20.K/c19-14-8-3-1-5-11-18(13-7-9-15-20)12-6-2-4-10-16-22-17-21;1-3-5-7-9-11-13-15-14-12-10-8-6-4-2;1-4-6-7-8-9-10-11-12-13-14(3)5-2;1-3-5-7-9-11-10-8-6-4-2;1-3-5-7-9-8-6-4-2;/h17,20H,1-16H2;9H,3-8,10-15H2,1-2H3;14H,4-13H2,1-3H3;3-11H2,1-2H3;3-9H2,1-2H3;/q2*-1;;;;+1. The molecule has 6 heteroatoms. The molecule has 0 spiro atoms. The van der Waals surface area contributed by atoms with Crippen molar-refractivity contribution >= 4 is 6.47 Å². The first-order valence-corrected chi connectivity index (χ1v) is 32.7. The summed E-state index contributed by atoms with van der Waals surface area (Å²) in [7, 11) is 0. The van der Waals surface area contributed by atoms with E-state index in [1.165, 1.54) is 250 Å². The van der Waals surface area contributed by atoms with E-state index in [1.54, 1.807) is 0 Å². The first-order chi connectivity index (χ1) is 34.9. The normalized spacial score (nSPS) is 11.0. The van der Waals surface area contributed by atoms with Gasteiger partial charge in [-0.05, 0) is 57.7 Å². The van der Waals surface area contributed by atoms with Crippen LogP contribution in [0.1, 0.15) is 371 Å². The fourth-order valence-corrected chi connectivity index (χ4v) is 8.66. The molecule has 72 heavy (non-hydrogen) atoms. The zero-order valence-electron chi connectivity index (χ0n) is 52.0. The van der Waals surface area contributed by atoms with Crippen molar-refractivity contribution < 1.29 is 71.1 Å². The minimum absolute atomic E-state index is 0. The summed E-state index contributed by atoms with van der Waals surface area (Å²) < 4.78 is 4.68. The molecule has 1 unspecified atom stereocenters. The van der Waals surface area contributed by atoms with Gasteiger partial charge in [0.1, 0.15) is 0 Å². The van der Waals surface area contributed by atoms with E-state index in [2.05, 4.69) is 78.4 Å². The second kappa shape index (κ2) is 88.6. The quantitative estimate of drug-likeness (QED) is 0.0284. The average Bonchev–Trinajstić information content (AvgIpc) is 3.38. The van der Waals surface area contributed by atoms with E-state index < -0.39 is 0 Å². The van der Waals surface area contributed by atoms with Crippen LogP contribution < -0.4 is 56.5 Å². The fourth-order valence-electron chi connectivity index (χ4n) is 8.66. The number of aliphatic hydroxyl groups is 1. The SMILES string of the molecule is CCCCCCCCC.CCCCCCCCCCC.CCCCCCCCCCC(C)CC.CCCC[CH-]CCCCCCCCCC.O=COCCCCCCN(CCCCO)CCCCCC[O-].[K+]. The van der Waals surface area contributed by atoms with E-state index in [-0.39, 0.29) is 64.6 Å². The number of hydrogen-bond donors (Lipinski definition) is 1. The Kier molecular flexibility index (Phi) is 104. The van der Waals surface area contributed by atoms with E-state index in [0.29, 0.717) is 13.1 Å². The van der Waals surface area contributed by atoms with E-state index in [1.807, 2.05) is 0 Å². The summed E-state index contributed by atoms with van der Waals surface area (Å²) in [6.07, 6.45) is 67.2. The van der Waals surface area contributed by atoms with Crippen molar-refractivity contribution in [3.8, 4) is 0 Å². The van der Waals surface area contributed by atoms with E-state index in [4.69, 9.17) is 5.11 Å². The van der Waals surface area contributed by atoms with Gasteiger partial charge in [-0.15, -0.1) is 6.61 Å². The Morgan fingerprint density at radius 1 is 0.417 bits per heavy atom. The van der Waals surface area contributed by atoms with Gasteiger partial charge in [0, 0.05) is 6.61 Å². The number of rotatable bonds is 54. The second-order valence-corrected chi connectivity index (χ2v) is 21.5. The van der Waals surface area contributed by atoms with Crippen LogP contribution in [-0.2, 0) is 9.53 Å². The largest absolute Gasteiger partial charge is 1.00 e. The molecule has 0 amide bonds. The summed E-state index contributed by atoms with van der Waals surface area (Å²) in [5, 5.41) is 19.3. The monoisotopic (exact) mass is 1050 g/mol. The average molecular weight is 1050 g/mol. The summed E-state index contributed by atoms with van der Waals surface area (Å²) in [5.74, 6) is 0.954. The number of nitrogens with zero attached hydrogens (tertiary/aromatic N) is 1. The van der Waals surface area contributed by atoms with Crippen LogP contribution in [0.5, 0.6) is 0 Å². The van der Waals surface area contributed by atoms with Crippen LogP contribution in [0.2, 0.25) is 0 Å². The van der Waals surface area contributed by atoms with Crippen LogP contribution in [0.15, 0.2) is 0 Å². The molecule has 0 heterocycles. The van der Waals surface area contributed by atoms with Crippen molar-refractivity contribution in [3.63, 3.8) is 0 Å². The van der Waals surface area contributed by atoms with Gasteiger partial charge in [-0.2, -0.15) is 12.8 Å². The van der Waals surface area contributed by atoms with Gasteiger partial charge in [-0.3, -0.25) is 4.79 Å². The number of aliphatic hydroxyl groups excluding tert-OH is 1. The Balaban J connectivity index is -0.000000195. The number of hydrogen-bond acceptors (Lipinski definition) is 5. The fraction of sp³-hybridized carbons (Fsp3) is 0.970. The molecule has 0 aliphatic carbocycles. The molecule has 434 valence electrons. The molecule has 0 saturated heterocycles. The Labute approximate surface area is 500 Å². The maximum Gasteiger partial charge on any atom is 1.00 e. The number of ether oxygens (including phenoxy) is 1. The summed E-state index contributed by atoms with van der Waals surface area (Å²) in [6.45, 7) is 25.2. The first kappa shape index (κ1) is 84.3. The van der Waals surface area contributed by atoms with Crippen molar-refractivity contribution in [2.24, 2.45) is 5.92 Å². The summed E-state index contributed by atoms with van der Waals surface area (Å²) in [4.78, 5) is 12.5. The number of carbonyl (C=O) groups is 1. The van der Waals surface area contributed by atoms with Crippen LogP contribution >= 0.6 is 0 Å². The first-order valence-electron chi connectivity index (χ1n) is 32.7. The third-order valence-corrected chi connectivity index (χ3v) is 14.0. The van der Waals surface area contributed by atoms with Crippen molar-refractivity contribution in [2.75, 3.05) is 39.5 Å². The predicted molar refractivity (Wildman–Crippen MR) is 321 cm³/mol. The van der Waals surface area contributed by atoms with Gasteiger partial charge >= 0.3 is 51.4 Å². The van der Waals surface area contributed by atoms with Crippen molar-refractivity contribution in [2.45, 2.75) is 371 Å². The summed E-state index contributed by atoms with van der Waals surface area (Å²) in [6, 6.07) is 0. The molecule has 5 nitrogen and oxygen atoms in total. The van der Waals surface area contributed by atoms with Gasteiger partial charge in [0.25, 0.3) is 6.47 Å². The molecule has 0 aromatic heterocycles. The third kappa shape index (κ3) is 96.6. The Morgan fingerprint density at radius 2 is 0.722 bits per heavy atom. The summed E-state index contributed by atoms with van der Waals surface area (Å²) in [5.41, 5.74) is 0. The van der Waals surface area contributed by atoms with Gasteiger partial charge in [0.2, 0.25) is 0 Å². The molecule has 0 radical (unpaired) electrons. The van der Waals surface area contributed by atoms with Crippen molar-refractivity contribution in [1.29, 1.82) is 0 Å². The van der Waals surface area contributed by atoms with Gasteiger partial charge in [0.15, 0.2) is 0 Å². The van der Waals surface area contributed by atoms with Crippen LogP contribution in [0, 0.1) is 12.3 Å². The van der Waals surface area contributed by atoms with E-state index >= 15 is 0 Å². The Hall–Kier alpha value is 0.986. The minimum Gasteiger partial charge on any atom is -0.854 e. The molecular formula is C66H139KNO4-. The van der Waals surface area contributed by atoms with Crippen LogP contribution in [-0.4, -0.2) is 55.9 Å². The smallest absolute Gasteiger partial charge is 0.854 e. The van der Waals surface area contributed by atoms with E-state index in [9.17, 15) is 9.90 Å². The van der Waals surface area contributed by atoms with Gasteiger partial charge in [-0.25, -0.2) is 0 Å². The maximum absolute atomic E-state index is 10.4. The van der Waals surface area contributed by atoms with Gasteiger partial charge in [0.05, 0.1) is 6.61 Å². The molecule has 0 aliphatic rings. The Morgan fingerprint density at radius 3 is 1.07 bits per heavy atom. The number of unbranched alkanes of at least 4 members (excludes halogenated alkanes) is 40. The molecule has 0 rings (SSSR count). The molecule has 0 bridgehead atoms. The molecule has 0 aromatic carbocycles.